The summed E-state index contributed by atoms with van der Waals surface area (Å²) in [4.78, 5) is 2.52. The van der Waals surface area contributed by atoms with Gasteiger partial charge in [0, 0.05) is 31.7 Å². The molecule has 1 aromatic carbocycles. The molecule has 0 radical (unpaired) electrons. The van der Waals surface area contributed by atoms with Gasteiger partial charge in [0.15, 0.2) is 0 Å². The smallest absolute Gasteiger partial charge is 0.120 e. The van der Waals surface area contributed by atoms with Crippen molar-refractivity contribution in [3.05, 3.63) is 42.5 Å². The van der Waals surface area contributed by atoms with Gasteiger partial charge in [0.25, 0.3) is 0 Å². The van der Waals surface area contributed by atoms with E-state index in [0.29, 0.717) is 18.7 Å². The van der Waals surface area contributed by atoms with Gasteiger partial charge in [-0.1, -0.05) is 24.8 Å². The first-order valence-electron chi connectivity index (χ1n) is 6.99. The number of nitrogens with one attached hydrogen (secondary N) is 1. The molecule has 3 nitrogen and oxygen atoms in total. The number of piperazine rings is 1. The number of benzene rings is 1. The Hall–Kier alpha value is -1.03. The number of nitrogens with zero attached hydrogens (tertiary/aromatic N) is 1. The van der Waals surface area contributed by atoms with Gasteiger partial charge in [0.1, 0.15) is 12.4 Å². The largest absolute Gasteiger partial charge is 0.490 e. The maximum absolute atomic E-state index is 5.58. The van der Waals surface area contributed by atoms with Gasteiger partial charge in [-0.3, -0.25) is 4.90 Å². The van der Waals surface area contributed by atoms with Crippen LogP contribution >= 0.6 is 12.4 Å². The molecule has 2 atom stereocenters. The lowest BCUT2D eigenvalue weighted by Crippen LogP contribution is -2.53. The van der Waals surface area contributed by atoms with E-state index in [9.17, 15) is 0 Å². The monoisotopic (exact) mass is 296 g/mol. The minimum Gasteiger partial charge on any atom is -0.490 e. The first kappa shape index (κ1) is 17.0. The van der Waals surface area contributed by atoms with Gasteiger partial charge in [-0.25, -0.2) is 0 Å². The van der Waals surface area contributed by atoms with Gasteiger partial charge in [-0.2, -0.15) is 0 Å². The molecule has 20 heavy (non-hydrogen) atoms. The Balaban J connectivity index is 0.00000200. The molecule has 0 amide bonds. The summed E-state index contributed by atoms with van der Waals surface area (Å²) in [6.07, 6.45) is 1.77. The summed E-state index contributed by atoms with van der Waals surface area (Å²) >= 11 is 0. The van der Waals surface area contributed by atoms with Crippen LogP contribution in [0.4, 0.5) is 0 Å². The number of hydrogen-bond donors (Lipinski definition) is 1. The molecule has 1 aliphatic rings. The van der Waals surface area contributed by atoms with E-state index in [1.807, 2.05) is 6.07 Å². The Labute approximate surface area is 128 Å². The Kier molecular flexibility index (Phi) is 7.06. The molecule has 1 aliphatic heterocycles. The highest BCUT2D eigenvalue weighted by molar-refractivity contribution is 5.85. The van der Waals surface area contributed by atoms with Gasteiger partial charge in [0.2, 0.25) is 0 Å². The molecule has 0 saturated carbocycles. The molecule has 1 N–H and O–H groups in total. The predicted octanol–water partition coefficient (Wildman–Crippen LogP) is 2.86. The van der Waals surface area contributed by atoms with E-state index in [0.717, 1.165) is 25.4 Å². The van der Waals surface area contributed by atoms with Gasteiger partial charge in [-0.15, -0.1) is 12.4 Å². The zero-order chi connectivity index (χ0) is 13.7. The fraction of sp³-hybridized carbons (Fsp3) is 0.500. The minimum atomic E-state index is 0. The van der Waals surface area contributed by atoms with E-state index >= 15 is 0 Å². The zero-order valence-electron chi connectivity index (χ0n) is 12.3. The molecule has 2 unspecified atom stereocenters. The second-order valence-electron chi connectivity index (χ2n) is 5.33. The molecule has 1 fully saturated rings. The molecule has 0 aromatic heterocycles. The SMILES string of the molecule is C=CCOc1cccc(CN2CC(C)NCC2C)c1.Cl. The van der Waals surface area contributed by atoms with Crippen molar-refractivity contribution in [3.8, 4) is 5.75 Å². The van der Waals surface area contributed by atoms with Crippen molar-refractivity contribution in [2.24, 2.45) is 0 Å². The summed E-state index contributed by atoms with van der Waals surface area (Å²) in [5.74, 6) is 0.924. The molecule has 2 rings (SSSR count). The van der Waals surface area contributed by atoms with Crippen LogP contribution in [0.1, 0.15) is 19.4 Å². The molecule has 0 spiro atoms. The number of hydrogen-bond acceptors (Lipinski definition) is 3. The third-order valence-electron chi connectivity index (χ3n) is 3.55. The fourth-order valence-corrected chi connectivity index (χ4v) is 2.44. The van der Waals surface area contributed by atoms with Gasteiger partial charge < -0.3 is 10.1 Å². The summed E-state index contributed by atoms with van der Waals surface area (Å²) in [5, 5.41) is 3.51. The molecule has 0 bridgehead atoms. The number of rotatable bonds is 5. The van der Waals surface area contributed by atoms with Crippen LogP contribution in [0, 0.1) is 0 Å². The van der Waals surface area contributed by atoms with Crippen LogP contribution in [0.3, 0.4) is 0 Å². The molecule has 1 aromatic rings. The van der Waals surface area contributed by atoms with Crippen molar-refractivity contribution in [1.29, 1.82) is 0 Å². The molecule has 1 saturated heterocycles. The van der Waals surface area contributed by atoms with Crippen molar-refractivity contribution in [2.45, 2.75) is 32.5 Å². The third-order valence-corrected chi connectivity index (χ3v) is 3.55. The Bertz CT molecular complexity index is 425. The summed E-state index contributed by atoms with van der Waals surface area (Å²) in [7, 11) is 0. The lowest BCUT2D eigenvalue weighted by atomic mass is 10.1. The highest BCUT2D eigenvalue weighted by Crippen LogP contribution is 2.17. The lowest BCUT2D eigenvalue weighted by molar-refractivity contribution is 0.138. The molecule has 112 valence electrons. The van der Waals surface area contributed by atoms with Crippen LogP contribution in [0.25, 0.3) is 0 Å². The molecular weight excluding hydrogens is 272 g/mol. The van der Waals surface area contributed by atoms with Crippen LogP contribution in [0.2, 0.25) is 0 Å². The van der Waals surface area contributed by atoms with Crippen LogP contribution in [0.15, 0.2) is 36.9 Å². The van der Waals surface area contributed by atoms with E-state index in [4.69, 9.17) is 4.74 Å². The number of halogens is 1. The summed E-state index contributed by atoms with van der Waals surface area (Å²) in [6.45, 7) is 11.9. The predicted molar refractivity (Wildman–Crippen MR) is 86.7 cm³/mol. The first-order chi connectivity index (χ1) is 9.19. The molecule has 4 heteroatoms. The molecular formula is C16H25ClN2O. The topological polar surface area (TPSA) is 24.5 Å². The summed E-state index contributed by atoms with van der Waals surface area (Å²) in [6, 6.07) is 9.50. The van der Waals surface area contributed by atoms with E-state index in [1.165, 1.54) is 5.56 Å². The quantitative estimate of drug-likeness (QED) is 0.846. The molecule has 0 aliphatic carbocycles. The normalized spacial score (nSPS) is 22.9. The maximum atomic E-state index is 5.58. The third kappa shape index (κ3) is 4.82. The van der Waals surface area contributed by atoms with Crippen molar-refractivity contribution < 1.29 is 4.74 Å². The second kappa shape index (κ2) is 8.30. The van der Waals surface area contributed by atoms with Crippen molar-refractivity contribution in [1.82, 2.24) is 10.2 Å². The highest BCUT2D eigenvalue weighted by Gasteiger charge is 2.22. The Morgan fingerprint density at radius 1 is 1.45 bits per heavy atom. The van der Waals surface area contributed by atoms with E-state index in [2.05, 4.69) is 48.8 Å². The average molecular weight is 297 g/mol. The molecule has 1 heterocycles. The summed E-state index contributed by atoms with van der Waals surface area (Å²) < 4.78 is 5.58. The fourth-order valence-electron chi connectivity index (χ4n) is 2.44. The maximum Gasteiger partial charge on any atom is 0.120 e. The first-order valence-corrected chi connectivity index (χ1v) is 6.99. The zero-order valence-corrected chi connectivity index (χ0v) is 13.2. The van der Waals surface area contributed by atoms with E-state index in [1.54, 1.807) is 6.08 Å². The van der Waals surface area contributed by atoms with Crippen molar-refractivity contribution in [3.63, 3.8) is 0 Å². The average Bonchev–Trinajstić information content (AvgIpc) is 2.41. The number of ether oxygens (including phenoxy) is 1. The second-order valence-corrected chi connectivity index (χ2v) is 5.33. The Morgan fingerprint density at radius 3 is 3.00 bits per heavy atom. The van der Waals surface area contributed by atoms with Gasteiger partial charge in [-0.05, 0) is 31.5 Å². The Morgan fingerprint density at radius 2 is 2.25 bits per heavy atom. The van der Waals surface area contributed by atoms with Crippen molar-refractivity contribution >= 4 is 12.4 Å². The summed E-state index contributed by atoms with van der Waals surface area (Å²) in [5.41, 5.74) is 1.31. The van der Waals surface area contributed by atoms with Crippen molar-refractivity contribution in [2.75, 3.05) is 19.7 Å². The lowest BCUT2D eigenvalue weighted by Gasteiger charge is -2.37. The van der Waals surface area contributed by atoms with Crippen LogP contribution in [0.5, 0.6) is 5.75 Å². The van der Waals surface area contributed by atoms with E-state index in [-0.39, 0.29) is 12.4 Å². The van der Waals surface area contributed by atoms with Gasteiger partial charge in [0.05, 0.1) is 0 Å². The van der Waals surface area contributed by atoms with E-state index < -0.39 is 0 Å². The minimum absolute atomic E-state index is 0. The van der Waals surface area contributed by atoms with Gasteiger partial charge >= 0.3 is 0 Å². The van der Waals surface area contributed by atoms with Crippen LogP contribution in [-0.2, 0) is 6.54 Å². The highest BCUT2D eigenvalue weighted by atomic mass is 35.5. The van der Waals surface area contributed by atoms with Crippen LogP contribution < -0.4 is 10.1 Å². The van der Waals surface area contributed by atoms with Crippen LogP contribution in [-0.4, -0.2) is 36.7 Å². The standard InChI is InChI=1S/C16H24N2O.ClH/c1-4-8-19-16-7-5-6-15(9-16)12-18-11-13(2)17-10-14(18)3;/h4-7,9,13-14,17H,1,8,10-12H2,2-3H3;1H.